The molecule has 1 N–H and O–H groups in total. The Balaban J connectivity index is 1.71. The standard InChI is InChI=1S/C14H16N2O2/c1-16-8-7-11-12(16)3-2-4-13(11)18-9-14(17)15-10-5-6-10/h2-4,7-8,10H,5-6,9H2,1H3,(H,15,17). The van der Waals surface area contributed by atoms with E-state index < -0.39 is 0 Å². The van der Waals surface area contributed by atoms with E-state index in [2.05, 4.69) is 5.32 Å². The highest BCUT2D eigenvalue weighted by molar-refractivity contribution is 5.87. The summed E-state index contributed by atoms with van der Waals surface area (Å²) in [4.78, 5) is 11.6. The molecule has 1 aromatic carbocycles. The summed E-state index contributed by atoms with van der Waals surface area (Å²) < 4.78 is 7.63. The van der Waals surface area contributed by atoms with Crippen LogP contribution in [0, 0.1) is 0 Å². The maximum absolute atomic E-state index is 11.6. The molecule has 0 bridgehead atoms. The summed E-state index contributed by atoms with van der Waals surface area (Å²) in [7, 11) is 1.99. The molecule has 94 valence electrons. The van der Waals surface area contributed by atoms with Gasteiger partial charge in [-0.15, -0.1) is 0 Å². The summed E-state index contributed by atoms with van der Waals surface area (Å²) in [5.41, 5.74) is 1.11. The van der Waals surface area contributed by atoms with Gasteiger partial charge >= 0.3 is 0 Å². The topological polar surface area (TPSA) is 43.3 Å². The minimum atomic E-state index is -0.0366. The third-order valence-electron chi connectivity index (χ3n) is 3.19. The lowest BCUT2D eigenvalue weighted by Crippen LogP contribution is -2.30. The predicted molar refractivity (Wildman–Crippen MR) is 69.6 cm³/mol. The highest BCUT2D eigenvalue weighted by Gasteiger charge is 2.23. The summed E-state index contributed by atoms with van der Waals surface area (Å²) in [6, 6.07) is 8.26. The molecule has 1 heterocycles. The normalized spacial score (nSPS) is 14.7. The van der Waals surface area contributed by atoms with Gasteiger partial charge in [0.1, 0.15) is 5.75 Å². The highest BCUT2D eigenvalue weighted by Crippen LogP contribution is 2.26. The zero-order chi connectivity index (χ0) is 12.5. The molecule has 0 radical (unpaired) electrons. The van der Waals surface area contributed by atoms with E-state index in [9.17, 15) is 4.79 Å². The van der Waals surface area contributed by atoms with Crippen molar-refractivity contribution in [2.75, 3.05) is 6.61 Å². The zero-order valence-electron chi connectivity index (χ0n) is 10.3. The van der Waals surface area contributed by atoms with Crippen molar-refractivity contribution in [3.63, 3.8) is 0 Å². The van der Waals surface area contributed by atoms with Gasteiger partial charge in [-0.25, -0.2) is 0 Å². The first-order valence-electron chi connectivity index (χ1n) is 6.20. The molecule has 1 aromatic heterocycles. The predicted octanol–water partition coefficient (Wildman–Crippen LogP) is 1.84. The van der Waals surface area contributed by atoms with Crippen LogP contribution in [-0.2, 0) is 11.8 Å². The van der Waals surface area contributed by atoms with Gasteiger partial charge in [0, 0.05) is 24.7 Å². The fraction of sp³-hybridized carbons (Fsp3) is 0.357. The maximum Gasteiger partial charge on any atom is 0.258 e. The van der Waals surface area contributed by atoms with Crippen LogP contribution < -0.4 is 10.1 Å². The number of carbonyl (C=O) groups excluding carboxylic acids is 1. The second-order valence-corrected chi connectivity index (χ2v) is 4.75. The molecule has 4 heteroatoms. The first kappa shape index (κ1) is 11.1. The Hall–Kier alpha value is -1.97. The number of hydrogen-bond acceptors (Lipinski definition) is 2. The number of nitrogens with zero attached hydrogens (tertiary/aromatic N) is 1. The summed E-state index contributed by atoms with van der Waals surface area (Å²) in [6.45, 7) is 0.0878. The van der Waals surface area contributed by atoms with Crippen molar-refractivity contribution in [2.24, 2.45) is 7.05 Å². The Kier molecular flexibility index (Phi) is 2.70. The molecule has 3 rings (SSSR count). The van der Waals surface area contributed by atoms with E-state index in [1.54, 1.807) is 0 Å². The van der Waals surface area contributed by atoms with Crippen LogP contribution in [0.15, 0.2) is 30.5 Å². The second-order valence-electron chi connectivity index (χ2n) is 4.75. The molecular weight excluding hydrogens is 228 g/mol. The van der Waals surface area contributed by atoms with Gasteiger partial charge < -0.3 is 14.6 Å². The van der Waals surface area contributed by atoms with Gasteiger partial charge in [0.05, 0.1) is 5.52 Å². The molecule has 0 aliphatic heterocycles. The summed E-state index contributed by atoms with van der Waals surface area (Å²) in [6.07, 6.45) is 4.18. The Morgan fingerprint density at radius 1 is 1.44 bits per heavy atom. The lowest BCUT2D eigenvalue weighted by Gasteiger charge is -2.08. The van der Waals surface area contributed by atoms with Crippen LogP contribution in [0.25, 0.3) is 10.9 Å². The number of carbonyl (C=O) groups is 1. The van der Waals surface area contributed by atoms with Gasteiger partial charge in [-0.3, -0.25) is 4.79 Å². The molecule has 1 amide bonds. The first-order chi connectivity index (χ1) is 8.74. The zero-order valence-corrected chi connectivity index (χ0v) is 10.3. The van der Waals surface area contributed by atoms with Gasteiger partial charge in [0.2, 0.25) is 0 Å². The first-order valence-corrected chi connectivity index (χ1v) is 6.20. The smallest absolute Gasteiger partial charge is 0.258 e. The fourth-order valence-corrected chi connectivity index (χ4v) is 2.04. The summed E-state index contributed by atoms with van der Waals surface area (Å²) in [5.74, 6) is 0.726. The van der Waals surface area contributed by atoms with E-state index in [4.69, 9.17) is 4.74 Å². The van der Waals surface area contributed by atoms with Crippen LogP contribution in [-0.4, -0.2) is 23.1 Å². The lowest BCUT2D eigenvalue weighted by atomic mass is 10.2. The number of amides is 1. The van der Waals surface area contributed by atoms with Gasteiger partial charge in [0.25, 0.3) is 5.91 Å². The Morgan fingerprint density at radius 3 is 3.06 bits per heavy atom. The molecule has 2 aromatic rings. The third kappa shape index (κ3) is 2.18. The average Bonchev–Trinajstić information content (AvgIpc) is 3.10. The number of aromatic nitrogens is 1. The molecule has 0 atom stereocenters. The van der Waals surface area contributed by atoms with Crippen LogP contribution in [0.1, 0.15) is 12.8 Å². The van der Waals surface area contributed by atoms with E-state index in [1.165, 1.54) is 0 Å². The molecule has 0 saturated heterocycles. The van der Waals surface area contributed by atoms with Crippen LogP contribution in [0.5, 0.6) is 5.75 Å². The van der Waals surface area contributed by atoms with Crippen molar-refractivity contribution in [2.45, 2.75) is 18.9 Å². The highest BCUT2D eigenvalue weighted by atomic mass is 16.5. The van der Waals surface area contributed by atoms with Crippen LogP contribution >= 0.6 is 0 Å². The molecule has 1 aliphatic rings. The van der Waals surface area contributed by atoms with Gasteiger partial charge in [0.15, 0.2) is 6.61 Å². The number of nitrogens with one attached hydrogen (secondary N) is 1. The SMILES string of the molecule is Cn1ccc2c(OCC(=O)NC3CC3)cccc21. The molecule has 1 aliphatic carbocycles. The quantitative estimate of drug-likeness (QED) is 0.891. The maximum atomic E-state index is 11.6. The van der Waals surface area contributed by atoms with Crippen molar-refractivity contribution in [1.29, 1.82) is 0 Å². The van der Waals surface area contributed by atoms with Crippen molar-refractivity contribution in [1.82, 2.24) is 9.88 Å². The molecule has 18 heavy (non-hydrogen) atoms. The summed E-state index contributed by atoms with van der Waals surface area (Å²) in [5, 5.41) is 3.95. The van der Waals surface area contributed by atoms with E-state index in [1.807, 2.05) is 42.1 Å². The van der Waals surface area contributed by atoms with E-state index in [-0.39, 0.29) is 12.5 Å². The molecule has 0 spiro atoms. The molecule has 1 saturated carbocycles. The number of ether oxygens (including phenoxy) is 1. The van der Waals surface area contributed by atoms with Crippen molar-refractivity contribution < 1.29 is 9.53 Å². The van der Waals surface area contributed by atoms with E-state index in [0.29, 0.717) is 6.04 Å². The van der Waals surface area contributed by atoms with Crippen molar-refractivity contribution >= 4 is 16.8 Å². The number of aryl methyl sites for hydroxylation is 1. The molecular formula is C14H16N2O2. The van der Waals surface area contributed by atoms with Crippen LogP contribution in [0.3, 0.4) is 0 Å². The fourth-order valence-electron chi connectivity index (χ4n) is 2.04. The van der Waals surface area contributed by atoms with Gasteiger partial charge in [-0.05, 0) is 31.0 Å². The number of fused-ring (bicyclic) bond motifs is 1. The van der Waals surface area contributed by atoms with Gasteiger partial charge in [-0.1, -0.05) is 6.07 Å². The Morgan fingerprint density at radius 2 is 2.28 bits per heavy atom. The van der Waals surface area contributed by atoms with Crippen LogP contribution in [0.2, 0.25) is 0 Å². The van der Waals surface area contributed by atoms with Gasteiger partial charge in [-0.2, -0.15) is 0 Å². The minimum Gasteiger partial charge on any atom is -0.483 e. The number of benzene rings is 1. The lowest BCUT2D eigenvalue weighted by molar-refractivity contribution is -0.123. The molecule has 1 fully saturated rings. The largest absolute Gasteiger partial charge is 0.483 e. The third-order valence-corrected chi connectivity index (χ3v) is 3.19. The van der Waals surface area contributed by atoms with E-state index >= 15 is 0 Å². The molecule has 0 unspecified atom stereocenters. The Bertz CT molecular complexity index is 584. The monoisotopic (exact) mass is 244 g/mol. The Labute approximate surface area is 106 Å². The van der Waals surface area contributed by atoms with Crippen molar-refractivity contribution in [3.05, 3.63) is 30.5 Å². The summed E-state index contributed by atoms with van der Waals surface area (Å²) >= 11 is 0. The minimum absolute atomic E-state index is 0.0366. The van der Waals surface area contributed by atoms with Crippen LogP contribution in [0.4, 0.5) is 0 Å². The molecule has 4 nitrogen and oxygen atoms in total. The van der Waals surface area contributed by atoms with E-state index in [0.717, 1.165) is 29.5 Å². The number of hydrogen-bond donors (Lipinski definition) is 1. The van der Waals surface area contributed by atoms with Crippen molar-refractivity contribution in [3.8, 4) is 5.75 Å². The average molecular weight is 244 g/mol. The second kappa shape index (κ2) is 4.37. The number of rotatable bonds is 4.